The molecule has 0 aliphatic carbocycles. The molecule has 106 valence electrons. The summed E-state index contributed by atoms with van der Waals surface area (Å²) in [5.41, 5.74) is 0. The van der Waals surface area contributed by atoms with Crippen LogP contribution in [0.3, 0.4) is 0 Å². The highest BCUT2D eigenvalue weighted by atomic mass is 79.9. The number of rotatable bonds is 5. The lowest BCUT2D eigenvalue weighted by Crippen LogP contribution is -1.95. The largest absolute Gasteiger partial charge is 0.496 e. The van der Waals surface area contributed by atoms with Crippen LogP contribution in [0.15, 0.2) is 33.2 Å². The maximum atomic E-state index is 10.8. The molecule has 1 aromatic heterocycles. The van der Waals surface area contributed by atoms with Gasteiger partial charge in [-0.2, -0.15) is 0 Å². The normalized spacial score (nSPS) is 10.3. The lowest BCUT2D eigenvalue weighted by Gasteiger charge is -2.10. The van der Waals surface area contributed by atoms with Crippen LogP contribution in [0.2, 0.25) is 0 Å². The van der Waals surface area contributed by atoms with E-state index >= 15 is 0 Å². The van der Waals surface area contributed by atoms with Crippen LogP contribution in [-0.4, -0.2) is 18.2 Å². The molecule has 0 atom stereocenters. The van der Waals surface area contributed by atoms with Crippen LogP contribution in [0.5, 0.6) is 11.5 Å². The van der Waals surface area contributed by atoms with Crippen molar-refractivity contribution in [3.8, 4) is 11.5 Å². The van der Waals surface area contributed by atoms with Gasteiger partial charge in [0, 0.05) is 4.88 Å². The van der Waals surface area contributed by atoms with E-state index in [4.69, 9.17) is 14.6 Å². The van der Waals surface area contributed by atoms with Crippen molar-refractivity contribution in [2.45, 2.75) is 6.61 Å². The van der Waals surface area contributed by atoms with E-state index in [1.807, 2.05) is 0 Å². The van der Waals surface area contributed by atoms with Crippen LogP contribution < -0.4 is 9.47 Å². The smallest absolute Gasteiger partial charge is 0.345 e. The molecule has 0 bridgehead atoms. The van der Waals surface area contributed by atoms with Crippen molar-refractivity contribution in [3.05, 3.63) is 43.0 Å². The number of hydrogen-bond acceptors (Lipinski definition) is 4. The van der Waals surface area contributed by atoms with Gasteiger partial charge in [-0.3, -0.25) is 0 Å². The molecule has 0 fully saturated rings. The molecule has 7 heteroatoms. The number of carbonyl (C=O) groups is 1. The maximum absolute atomic E-state index is 10.8. The first-order valence-electron chi connectivity index (χ1n) is 5.49. The van der Waals surface area contributed by atoms with Gasteiger partial charge in [0.2, 0.25) is 0 Å². The van der Waals surface area contributed by atoms with Crippen LogP contribution in [-0.2, 0) is 6.61 Å². The molecule has 1 aromatic carbocycles. The number of thiophene rings is 1. The second-order valence-electron chi connectivity index (χ2n) is 3.78. The van der Waals surface area contributed by atoms with Crippen molar-refractivity contribution in [1.29, 1.82) is 0 Å². The van der Waals surface area contributed by atoms with Gasteiger partial charge in [-0.05, 0) is 56.1 Å². The number of hydrogen-bond donors (Lipinski definition) is 1. The van der Waals surface area contributed by atoms with Crippen molar-refractivity contribution < 1.29 is 19.4 Å². The van der Waals surface area contributed by atoms with Gasteiger partial charge in [0.05, 0.1) is 16.1 Å². The van der Waals surface area contributed by atoms with Crippen molar-refractivity contribution >= 4 is 49.2 Å². The molecule has 0 aliphatic heterocycles. The Bertz CT molecular complexity index is 639. The summed E-state index contributed by atoms with van der Waals surface area (Å²) < 4.78 is 12.4. The van der Waals surface area contributed by atoms with Crippen molar-refractivity contribution in [1.82, 2.24) is 0 Å². The maximum Gasteiger partial charge on any atom is 0.345 e. The quantitative estimate of drug-likeness (QED) is 0.768. The van der Waals surface area contributed by atoms with Gasteiger partial charge in [0.1, 0.15) is 23.0 Å². The van der Waals surface area contributed by atoms with Gasteiger partial charge in [0.25, 0.3) is 0 Å². The topological polar surface area (TPSA) is 55.8 Å². The third-order valence-corrected chi connectivity index (χ3v) is 4.73. The zero-order valence-corrected chi connectivity index (χ0v) is 14.3. The summed E-state index contributed by atoms with van der Waals surface area (Å²) in [6, 6.07) is 6.93. The zero-order chi connectivity index (χ0) is 14.7. The summed E-state index contributed by atoms with van der Waals surface area (Å²) in [4.78, 5) is 12.0. The molecule has 0 saturated carbocycles. The molecule has 0 spiro atoms. The third kappa shape index (κ3) is 3.53. The number of carboxylic acid groups (broad SMARTS) is 1. The van der Waals surface area contributed by atoms with Crippen LogP contribution in [0, 0.1) is 0 Å². The fourth-order valence-electron chi connectivity index (χ4n) is 1.50. The minimum absolute atomic E-state index is 0.304. The van der Waals surface area contributed by atoms with E-state index in [0.29, 0.717) is 23.0 Å². The highest BCUT2D eigenvalue weighted by molar-refractivity contribution is 9.11. The molecule has 1 heterocycles. The van der Waals surface area contributed by atoms with Crippen LogP contribution in [0.25, 0.3) is 0 Å². The van der Waals surface area contributed by atoms with Crippen molar-refractivity contribution in [2.24, 2.45) is 0 Å². The van der Waals surface area contributed by atoms with Crippen molar-refractivity contribution in [3.63, 3.8) is 0 Å². The molecular formula is C13H10Br2O4S. The minimum Gasteiger partial charge on any atom is -0.496 e. The van der Waals surface area contributed by atoms with E-state index in [9.17, 15) is 4.79 Å². The summed E-state index contributed by atoms with van der Waals surface area (Å²) >= 11 is 8.00. The SMILES string of the molecule is COc1cc(Br)c(OCc2ccc(C(=O)O)s2)cc1Br. The molecule has 20 heavy (non-hydrogen) atoms. The van der Waals surface area contributed by atoms with Crippen LogP contribution in [0.1, 0.15) is 14.5 Å². The number of benzene rings is 1. The number of ether oxygens (including phenoxy) is 2. The van der Waals surface area contributed by atoms with E-state index in [1.54, 1.807) is 31.4 Å². The summed E-state index contributed by atoms with van der Waals surface area (Å²) in [5.74, 6) is 0.436. The van der Waals surface area contributed by atoms with Gasteiger partial charge >= 0.3 is 5.97 Å². The number of aromatic carboxylic acids is 1. The first kappa shape index (κ1) is 15.3. The van der Waals surface area contributed by atoms with E-state index in [1.165, 1.54) is 11.3 Å². The Morgan fingerprint density at radius 3 is 2.50 bits per heavy atom. The molecule has 1 N–H and O–H groups in total. The first-order valence-corrected chi connectivity index (χ1v) is 7.89. The molecule has 0 unspecified atom stereocenters. The summed E-state index contributed by atoms with van der Waals surface area (Å²) in [6.07, 6.45) is 0. The Kier molecular flexibility index (Phi) is 5.06. The van der Waals surface area contributed by atoms with Crippen LogP contribution in [0.4, 0.5) is 0 Å². The predicted molar refractivity (Wildman–Crippen MR) is 84.0 cm³/mol. The number of methoxy groups -OCH3 is 1. The number of carboxylic acids is 1. The van der Waals surface area contributed by atoms with Gasteiger partial charge in [-0.15, -0.1) is 11.3 Å². The molecular weight excluding hydrogens is 412 g/mol. The van der Waals surface area contributed by atoms with E-state index in [2.05, 4.69) is 31.9 Å². The highest BCUT2D eigenvalue weighted by Crippen LogP contribution is 2.36. The third-order valence-electron chi connectivity index (χ3n) is 2.45. The average molecular weight is 422 g/mol. The van der Waals surface area contributed by atoms with E-state index in [-0.39, 0.29) is 0 Å². The van der Waals surface area contributed by atoms with E-state index in [0.717, 1.165) is 13.8 Å². The molecule has 0 amide bonds. The lowest BCUT2D eigenvalue weighted by molar-refractivity contribution is 0.0702. The second-order valence-corrected chi connectivity index (χ2v) is 6.65. The second kappa shape index (κ2) is 6.60. The summed E-state index contributed by atoms with van der Waals surface area (Å²) in [6.45, 7) is 0.315. The summed E-state index contributed by atoms with van der Waals surface area (Å²) in [7, 11) is 1.59. The lowest BCUT2D eigenvalue weighted by atomic mass is 10.3. The Labute approximate surface area is 136 Å². The Balaban J connectivity index is 2.10. The predicted octanol–water partition coefficient (Wildman–Crippen LogP) is 4.56. The monoisotopic (exact) mass is 420 g/mol. The summed E-state index contributed by atoms with van der Waals surface area (Å²) in [5, 5.41) is 8.86. The highest BCUT2D eigenvalue weighted by Gasteiger charge is 2.10. The molecule has 0 aliphatic rings. The van der Waals surface area contributed by atoms with Gasteiger partial charge in [-0.1, -0.05) is 0 Å². The minimum atomic E-state index is -0.922. The van der Waals surface area contributed by atoms with Gasteiger partial charge < -0.3 is 14.6 Å². The first-order chi connectivity index (χ1) is 9.51. The Morgan fingerprint density at radius 1 is 1.25 bits per heavy atom. The fourth-order valence-corrected chi connectivity index (χ4v) is 3.18. The Morgan fingerprint density at radius 2 is 1.90 bits per heavy atom. The molecule has 4 nitrogen and oxygen atoms in total. The molecule has 2 aromatic rings. The van der Waals surface area contributed by atoms with Crippen LogP contribution >= 0.6 is 43.2 Å². The molecule has 2 rings (SSSR count). The fraction of sp³-hybridized carbons (Fsp3) is 0.154. The van der Waals surface area contributed by atoms with E-state index < -0.39 is 5.97 Å². The Hall–Kier alpha value is -1.05. The van der Waals surface area contributed by atoms with Crippen molar-refractivity contribution in [2.75, 3.05) is 7.11 Å². The average Bonchev–Trinajstić information content (AvgIpc) is 2.88. The van der Waals surface area contributed by atoms with Gasteiger partial charge in [0.15, 0.2) is 0 Å². The standard InChI is InChI=1S/C13H10Br2O4S/c1-18-10-4-9(15)11(5-8(10)14)19-6-7-2-3-12(20-7)13(16)17/h2-5H,6H2,1H3,(H,16,17). The molecule has 0 saturated heterocycles. The van der Waals surface area contributed by atoms with Gasteiger partial charge in [-0.25, -0.2) is 4.79 Å². The number of halogens is 2. The molecule has 0 radical (unpaired) electrons. The zero-order valence-electron chi connectivity index (χ0n) is 10.4.